The molecule has 0 saturated carbocycles. The minimum absolute atomic E-state index is 0.0204. The van der Waals surface area contributed by atoms with Crippen LogP contribution in [0.4, 0.5) is 0 Å². The average Bonchev–Trinajstić information content (AvgIpc) is 2.64. The van der Waals surface area contributed by atoms with Crippen molar-refractivity contribution in [3.05, 3.63) is 29.3 Å². The maximum Gasteiger partial charge on any atom is 0.322 e. The molecule has 0 spiro atoms. The van der Waals surface area contributed by atoms with Crippen molar-refractivity contribution in [2.24, 2.45) is 0 Å². The zero-order chi connectivity index (χ0) is 16.0. The van der Waals surface area contributed by atoms with Crippen LogP contribution in [0.1, 0.15) is 51.1 Å². The molecule has 1 aromatic rings. The van der Waals surface area contributed by atoms with Crippen LogP contribution in [0.25, 0.3) is 0 Å². The van der Waals surface area contributed by atoms with Crippen molar-refractivity contribution in [1.82, 2.24) is 5.32 Å². The highest BCUT2D eigenvalue weighted by Gasteiger charge is 2.46. The number of aromatic hydroxyl groups is 1. The van der Waals surface area contributed by atoms with Crippen molar-refractivity contribution in [3.63, 3.8) is 0 Å². The van der Waals surface area contributed by atoms with Gasteiger partial charge in [-0.1, -0.05) is 26.8 Å². The summed E-state index contributed by atoms with van der Waals surface area (Å²) in [7, 11) is 0. The van der Waals surface area contributed by atoms with Gasteiger partial charge in [-0.3, -0.25) is 10.1 Å². The zero-order valence-corrected chi connectivity index (χ0v) is 13.9. The molecule has 2 atom stereocenters. The van der Waals surface area contributed by atoms with Crippen LogP contribution < -0.4 is 5.32 Å². The lowest BCUT2D eigenvalue weighted by Crippen LogP contribution is -2.43. The highest BCUT2D eigenvalue weighted by atomic mass is 32.2. The summed E-state index contributed by atoms with van der Waals surface area (Å²) in [5.74, 6) is -0.656. The Morgan fingerprint density at radius 3 is 2.43 bits per heavy atom. The second kappa shape index (κ2) is 5.21. The molecule has 5 heteroatoms. The number of hydrogen-bond acceptors (Lipinski definition) is 4. The fraction of sp³-hybridized carbons (Fsp3) is 0.562. The lowest BCUT2D eigenvalue weighted by molar-refractivity contribution is -0.139. The first kappa shape index (κ1) is 16.2. The van der Waals surface area contributed by atoms with Crippen molar-refractivity contribution in [2.75, 3.05) is 0 Å². The van der Waals surface area contributed by atoms with Gasteiger partial charge in [-0.15, -0.1) is 11.8 Å². The number of benzene rings is 1. The predicted octanol–water partition coefficient (Wildman–Crippen LogP) is 3.26. The SMILES string of the molecule is CC(C)(C)c1ccc(O)c(C2NC(C(=O)O)C(C)(C)S2)c1. The van der Waals surface area contributed by atoms with Crippen LogP contribution in [0.15, 0.2) is 18.2 Å². The standard InChI is InChI=1S/C16H23NO3S/c1-15(2,3)9-6-7-11(18)10(8-9)13-17-12(14(19)20)16(4,5)21-13/h6-8,12-13,17-18H,1-5H3,(H,19,20). The van der Waals surface area contributed by atoms with E-state index < -0.39 is 16.8 Å². The first-order valence-corrected chi connectivity index (χ1v) is 7.90. The summed E-state index contributed by atoms with van der Waals surface area (Å²) in [6.45, 7) is 10.2. The Kier molecular flexibility index (Phi) is 4.02. The molecule has 0 aliphatic carbocycles. The van der Waals surface area contributed by atoms with E-state index >= 15 is 0 Å². The Morgan fingerprint density at radius 2 is 1.95 bits per heavy atom. The monoisotopic (exact) mass is 309 g/mol. The van der Waals surface area contributed by atoms with E-state index in [2.05, 4.69) is 26.1 Å². The van der Waals surface area contributed by atoms with Crippen LogP contribution in [0.5, 0.6) is 5.75 Å². The van der Waals surface area contributed by atoms with Crippen molar-refractivity contribution in [1.29, 1.82) is 0 Å². The van der Waals surface area contributed by atoms with Crippen LogP contribution in [-0.2, 0) is 10.2 Å². The van der Waals surface area contributed by atoms with Gasteiger partial charge in [0.15, 0.2) is 0 Å². The molecule has 0 radical (unpaired) electrons. The lowest BCUT2D eigenvalue weighted by Gasteiger charge is -2.22. The van der Waals surface area contributed by atoms with E-state index in [0.717, 1.165) is 11.1 Å². The molecule has 116 valence electrons. The Balaban J connectivity index is 2.37. The second-order valence-electron chi connectivity index (χ2n) is 7.06. The van der Waals surface area contributed by atoms with Gasteiger partial charge in [0.25, 0.3) is 0 Å². The van der Waals surface area contributed by atoms with E-state index in [1.165, 1.54) is 11.8 Å². The molecule has 1 heterocycles. The smallest absolute Gasteiger partial charge is 0.322 e. The Morgan fingerprint density at radius 1 is 1.33 bits per heavy atom. The largest absolute Gasteiger partial charge is 0.508 e. The maximum atomic E-state index is 11.4. The molecule has 1 saturated heterocycles. The van der Waals surface area contributed by atoms with Crippen LogP contribution in [0.3, 0.4) is 0 Å². The zero-order valence-electron chi connectivity index (χ0n) is 13.1. The third-order valence-electron chi connectivity index (χ3n) is 3.86. The molecule has 3 N–H and O–H groups in total. The maximum absolute atomic E-state index is 11.4. The third kappa shape index (κ3) is 3.19. The fourth-order valence-corrected chi connectivity index (χ4v) is 3.94. The summed E-state index contributed by atoms with van der Waals surface area (Å²) >= 11 is 1.54. The molecule has 1 fully saturated rings. The minimum Gasteiger partial charge on any atom is -0.508 e. The van der Waals surface area contributed by atoms with Gasteiger partial charge >= 0.3 is 5.97 Å². The van der Waals surface area contributed by atoms with Gasteiger partial charge in [0, 0.05) is 10.3 Å². The third-order valence-corrected chi connectivity index (χ3v) is 5.33. The van der Waals surface area contributed by atoms with Gasteiger partial charge in [-0.2, -0.15) is 0 Å². The molecule has 0 aromatic heterocycles. The van der Waals surface area contributed by atoms with Gasteiger partial charge in [0.1, 0.15) is 11.8 Å². The number of thioether (sulfide) groups is 1. The number of nitrogens with one attached hydrogen (secondary N) is 1. The molecule has 21 heavy (non-hydrogen) atoms. The number of hydrogen-bond donors (Lipinski definition) is 3. The predicted molar refractivity (Wildman–Crippen MR) is 85.8 cm³/mol. The van der Waals surface area contributed by atoms with E-state index in [4.69, 9.17) is 0 Å². The summed E-state index contributed by atoms with van der Waals surface area (Å²) in [5, 5.41) is 22.4. The lowest BCUT2D eigenvalue weighted by atomic mass is 9.86. The van der Waals surface area contributed by atoms with Crippen LogP contribution >= 0.6 is 11.8 Å². The topological polar surface area (TPSA) is 69.6 Å². The van der Waals surface area contributed by atoms with E-state index in [0.29, 0.717) is 0 Å². The molecule has 1 aliphatic heterocycles. The Hall–Kier alpha value is -1.20. The van der Waals surface area contributed by atoms with Gasteiger partial charge in [-0.25, -0.2) is 0 Å². The summed E-state index contributed by atoms with van der Waals surface area (Å²) in [5.41, 5.74) is 1.85. The number of phenolic OH excluding ortho intramolecular Hbond substituents is 1. The fourth-order valence-electron chi connectivity index (χ4n) is 2.51. The minimum atomic E-state index is -0.860. The van der Waals surface area contributed by atoms with Gasteiger partial charge < -0.3 is 10.2 Å². The number of phenols is 1. The van der Waals surface area contributed by atoms with E-state index in [9.17, 15) is 15.0 Å². The van der Waals surface area contributed by atoms with Crippen molar-refractivity contribution in [2.45, 2.75) is 56.2 Å². The molecule has 4 nitrogen and oxygen atoms in total. The second-order valence-corrected chi connectivity index (χ2v) is 8.82. The van der Waals surface area contributed by atoms with Gasteiger partial charge in [0.05, 0.1) is 5.37 Å². The summed E-state index contributed by atoms with van der Waals surface area (Å²) in [4.78, 5) is 11.4. The Bertz CT molecular complexity index is 563. The summed E-state index contributed by atoms with van der Waals surface area (Å²) in [6.07, 6.45) is 0. The normalized spacial score (nSPS) is 25.0. The molecular formula is C16H23NO3S. The summed E-state index contributed by atoms with van der Waals surface area (Å²) in [6, 6.07) is 4.95. The molecule has 2 rings (SSSR count). The van der Waals surface area contributed by atoms with Gasteiger partial charge in [0.2, 0.25) is 0 Å². The Labute approximate surface area is 129 Å². The number of rotatable bonds is 2. The van der Waals surface area contributed by atoms with Crippen LogP contribution in [0.2, 0.25) is 0 Å². The molecule has 0 amide bonds. The molecule has 1 aliphatic rings. The molecule has 2 unspecified atom stereocenters. The van der Waals surface area contributed by atoms with E-state index in [-0.39, 0.29) is 16.5 Å². The first-order valence-electron chi connectivity index (χ1n) is 7.02. The van der Waals surface area contributed by atoms with Crippen LogP contribution in [-0.4, -0.2) is 27.0 Å². The molecule has 1 aromatic carbocycles. The quantitative estimate of drug-likeness (QED) is 0.782. The van der Waals surface area contributed by atoms with Crippen molar-refractivity contribution in [3.8, 4) is 5.75 Å². The highest BCUT2D eigenvalue weighted by Crippen LogP contribution is 2.48. The van der Waals surface area contributed by atoms with E-state index in [1.807, 2.05) is 26.0 Å². The van der Waals surface area contributed by atoms with Crippen molar-refractivity contribution >= 4 is 17.7 Å². The van der Waals surface area contributed by atoms with Gasteiger partial charge in [-0.05, 0) is 37.0 Å². The van der Waals surface area contributed by atoms with E-state index in [1.54, 1.807) is 6.07 Å². The number of aliphatic carboxylic acids is 1. The van der Waals surface area contributed by atoms with Crippen LogP contribution in [0, 0.1) is 0 Å². The number of carboxylic acid groups (broad SMARTS) is 1. The molecular weight excluding hydrogens is 286 g/mol. The molecule has 0 bridgehead atoms. The number of carbonyl (C=O) groups is 1. The average molecular weight is 309 g/mol. The first-order chi connectivity index (χ1) is 9.52. The summed E-state index contributed by atoms with van der Waals surface area (Å²) < 4.78 is -0.430. The highest BCUT2D eigenvalue weighted by molar-refractivity contribution is 8.01. The number of carboxylic acids is 1. The van der Waals surface area contributed by atoms with Crippen molar-refractivity contribution < 1.29 is 15.0 Å².